The van der Waals surface area contributed by atoms with Crippen LogP contribution in [0, 0.1) is 5.92 Å². The van der Waals surface area contributed by atoms with E-state index in [4.69, 9.17) is 5.11 Å². The molecule has 92 valence electrons. The van der Waals surface area contributed by atoms with E-state index in [1.165, 1.54) is 0 Å². The molecule has 0 spiro atoms. The second kappa shape index (κ2) is 4.67. The number of aliphatic hydroxyl groups is 3. The highest BCUT2D eigenvalue weighted by molar-refractivity contribution is 5.80. The van der Waals surface area contributed by atoms with Crippen molar-refractivity contribution in [3.05, 3.63) is 0 Å². The normalized spacial score (nSPS) is 38.7. The summed E-state index contributed by atoms with van der Waals surface area (Å²) < 4.78 is 0. The molecule has 6 heteroatoms. The van der Waals surface area contributed by atoms with Crippen molar-refractivity contribution in [2.75, 3.05) is 13.2 Å². The zero-order valence-corrected chi connectivity index (χ0v) is 8.97. The summed E-state index contributed by atoms with van der Waals surface area (Å²) in [5, 5.41) is 33.7. The first kappa shape index (κ1) is 11.8. The van der Waals surface area contributed by atoms with Gasteiger partial charge in [0.25, 0.3) is 0 Å². The van der Waals surface area contributed by atoms with Gasteiger partial charge in [-0.2, -0.15) is 0 Å². The molecule has 0 unspecified atom stereocenters. The molecule has 6 nitrogen and oxygen atoms in total. The molecule has 2 fully saturated rings. The number of carbonyl (C=O) groups is 1. The Morgan fingerprint density at radius 3 is 2.38 bits per heavy atom. The van der Waals surface area contributed by atoms with E-state index in [1.807, 2.05) is 0 Å². The van der Waals surface area contributed by atoms with Crippen LogP contribution in [0.3, 0.4) is 0 Å². The molecular formula is C10H18N2O4. The van der Waals surface area contributed by atoms with Crippen molar-refractivity contribution in [2.24, 2.45) is 5.92 Å². The molecule has 5 N–H and O–H groups in total. The molecule has 1 amide bonds. The van der Waals surface area contributed by atoms with Crippen molar-refractivity contribution < 1.29 is 20.1 Å². The highest BCUT2D eigenvalue weighted by Gasteiger charge is 2.41. The van der Waals surface area contributed by atoms with Gasteiger partial charge in [0, 0.05) is 12.5 Å². The average molecular weight is 230 g/mol. The summed E-state index contributed by atoms with van der Waals surface area (Å²) in [6.45, 7) is 0.0510. The Balaban J connectivity index is 1.79. The van der Waals surface area contributed by atoms with E-state index >= 15 is 0 Å². The van der Waals surface area contributed by atoms with E-state index < -0.39 is 24.3 Å². The molecule has 1 saturated heterocycles. The molecule has 16 heavy (non-hydrogen) atoms. The van der Waals surface area contributed by atoms with Gasteiger partial charge in [-0.1, -0.05) is 0 Å². The van der Waals surface area contributed by atoms with Gasteiger partial charge in [-0.25, -0.2) is 0 Å². The Labute approximate surface area is 93.7 Å². The molecule has 4 atom stereocenters. The summed E-state index contributed by atoms with van der Waals surface area (Å²) in [5.41, 5.74) is 0. The summed E-state index contributed by atoms with van der Waals surface area (Å²) in [4.78, 5) is 11.4. The maximum atomic E-state index is 11.4. The Kier molecular flexibility index (Phi) is 3.44. The Morgan fingerprint density at radius 2 is 1.88 bits per heavy atom. The highest BCUT2D eigenvalue weighted by atomic mass is 16.3. The first-order valence-electron chi connectivity index (χ1n) is 5.64. The fourth-order valence-corrected chi connectivity index (χ4v) is 1.99. The smallest absolute Gasteiger partial charge is 0.223 e. The van der Waals surface area contributed by atoms with Crippen molar-refractivity contribution in [1.29, 1.82) is 0 Å². The van der Waals surface area contributed by atoms with Crippen LogP contribution in [0.25, 0.3) is 0 Å². The summed E-state index contributed by atoms with van der Waals surface area (Å²) in [6, 6.07) is -0.910. The van der Waals surface area contributed by atoms with E-state index in [0.29, 0.717) is 0 Å². The van der Waals surface area contributed by atoms with E-state index in [1.54, 1.807) is 0 Å². The quantitative estimate of drug-likeness (QED) is 0.369. The third-order valence-corrected chi connectivity index (χ3v) is 3.24. The first-order chi connectivity index (χ1) is 7.63. The van der Waals surface area contributed by atoms with Crippen molar-refractivity contribution in [2.45, 2.75) is 37.1 Å². The highest BCUT2D eigenvalue weighted by Crippen LogP contribution is 2.28. The maximum Gasteiger partial charge on any atom is 0.223 e. The molecule has 0 aromatic carbocycles. The fraction of sp³-hybridized carbons (Fsp3) is 0.900. The van der Waals surface area contributed by atoms with Crippen LogP contribution in [0.5, 0.6) is 0 Å². The van der Waals surface area contributed by atoms with E-state index in [-0.39, 0.29) is 25.0 Å². The molecule has 0 aromatic heterocycles. The Hall–Kier alpha value is -0.690. The van der Waals surface area contributed by atoms with Crippen molar-refractivity contribution >= 4 is 5.91 Å². The lowest BCUT2D eigenvalue weighted by Gasteiger charge is -2.16. The van der Waals surface area contributed by atoms with Gasteiger partial charge < -0.3 is 26.0 Å². The summed E-state index contributed by atoms with van der Waals surface area (Å²) in [6.07, 6.45) is -0.0487. The minimum absolute atomic E-state index is 0.0101. The van der Waals surface area contributed by atoms with Crippen LogP contribution < -0.4 is 10.6 Å². The van der Waals surface area contributed by atoms with E-state index in [2.05, 4.69) is 10.6 Å². The van der Waals surface area contributed by atoms with Gasteiger partial charge in [-0.15, -0.1) is 0 Å². The maximum absolute atomic E-state index is 11.4. The van der Waals surface area contributed by atoms with Gasteiger partial charge in [0.15, 0.2) is 0 Å². The largest absolute Gasteiger partial charge is 0.395 e. The van der Waals surface area contributed by atoms with Crippen molar-refractivity contribution in [3.63, 3.8) is 0 Å². The van der Waals surface area contributed by atoms with Crippen LogP contribution in [-0.4, -0.2) is 58.7 Å². The lowest BCUT2D eigenvalue weighted by molar-refractivity contribution is -0.122. The topological polar surface area (TPSA) is 102 Å². The SMILES string of the molecule is O=C(NC[C@H]1N[C@H](CO)[C@H](O)[C@@H]1O)C1CC1. The first-order valence-corrected chi connectivity index (χ1v) is 5.64. The third kappa shape index (κ3) is 2.35. The van der Waals surface area contributed by atoms with Crippen LogP contribution in [-0.2, 0) is 4.79 Å². The third-order valence-electron chi connectivity index (χ3n) is 3.24. The number of hydrogen-bond acceptors (Lipinski definition) is 5. The zero-order valence-electron chi connectivity index (χ0n) is 8.97. The number of amides is 1. The van der Waals surface area contributed by atoms with Crippen LogP contribution >= 0.6 is 0 Å². The predicted molar refractivity (Wildman–Crippen MR) is 55.5 cm³/mol. The molecule has 2 aliphatic rings. The number of hydrogen-bond donors (Lipinski definition) is 5. The number of aliphatic hydroxyl groups excluding tert-OH is 3. The molecule has 0 radical (unpaired) electrons. The molecule has 1 aliphatic heterocycles. The van der Waals surface area contributed by atoms with Gasteiger partial charge in [0.05, 0.1) is 30.9 Å². The second-order valence-electron chi connectivity index (χ2n) is 4.56. The molecule has 0 aromatic rings. The molecule has 0 bridgehead atoms. The van der Waals surface area contributed by atoms with Crippen molar-refractivity contribution in [1.82, 2.24) is 10.6 Å². The average Bonchev–Trinajstić information content (AvgIpc) is 3.07. The second-order valence-corrected chi connectivity index (χ2v) is 4.56. The number of rotatable bonds is 4. The molecule has 1 aliphatic carbocycles. The summed E-state index contributed by atoms with van der Waals surface area (Å²) >= 11 is 0. The Morgan fingerprint density at radius 1 is 1.25 bits per heavy atom. The number of carbonyl (C=O) groups excluding carboxylic acids is 1. The van der Waals surface area contributed by atoms with Gasteiger partial charge >= 0.3 is 0 Å². The van der Waals surface area contributed by atoms with Gasteiger partial charge in [0.2, 0.25) is 5.91 Å². The fourth-order valence-electron chi connectivity index (χ4n) is 1.99. The lowest BCUT2D eigenvalue weighted by atomic mass is 10.1. The summed E-state index contributed by atoms with van der Waals surface area (Å²) in [7, 11) is 0. The predicted octanol–water partition coefficient (Wildman–Crippen LogP) is -2.43. The number of nitrogens with one attached hydrogen (secondary N) is 2. The molecule has 1 saturated carbocycles. The summed E-state index contributed by atoms with van der Waals surface area (Å²) in [5.74, 6) is 0.146. The van der Waals surface area contributed by atoms with Crippen LogP contribution in [0.4, 0.5) is 0 Å². The van der Waals surface area contributed by atoms with Gasteiger partial charge in [-0.3, -0.25) is 4.79 Å². The Bertz CT molecular complexity index is 270. The monoisotopic (exact) mass is 230 g/mol. The standard InChI is InChI=1S/C10H18N2O4/c13-4-7-9(15)8(14)6(12-7)3-11-10(16)5-1-2-5/h5-9,12-15H,1-4H2,(H,11,16)/t6-,7-,8-,9+/m1/s1. The zero-order chi connectivity index (χ0) is 11.7. The van der Waals surface area contributed by atoms with E-state index in [0.717, 1.165) is 12.8 Å². The van der Waals surface area contributed by atoms with Crippen LogP contribution in [0.15, 0.2) is 0 Å². The van der Waals surface area contributed by atoms with Gasteiger partial charge in [0.1, 0.15) is 0 Å². The minimum atomic E-state index is -0.979. The van der Waals surface area contributed by atoms with Crippen LogP contribution in [0.2, 0.25) is 0 Å². The minimum Gasteiger partial charge on any atom is -0.395 e. The van der Waals surface area contributed by atoms with E-state index in [9.17, 15) is 15.0 Å². The molecule has 1 heterocycles. The van der Waals surface area contributed by atoms with Crippen molar-refractivity contribution in [3.8, 4) is 0 Å². The lowest BCUT2D eigenvalue weighted by Crippen LogP contribution is -2.44. The molecule has 2 rings (SSSR count). The molecular weight excluding hydrogens is 212 g/mol. The van der Waals surface area contributed by atoms with Gasteiger partial charge in [-0.05, 0) is 12.8 Å². The van der Waals surface area contributed by atoms with Crippen LogP contribution in [0.1, 0.15) is 12.8 Å².